The third-order valence-electron chi connectivity index (χ3n) is 4.67. The molecule has 7 heteroatoms. The molecule has 3 rings (SSSR count). The van der Waals surface area contributed by atoms with Crippen molar-refractivity contribution in [2.24, 2.45) is 4.99 Å². The zero-order valence-corrected chi connectivity index (χ0v) is 14.7. The summed E-state index contributed by atoms with van der Waals surface area (Å²) in [6.45, 7) is 6.22. The molecule has 1 aromatic carbocycles. The molecular formula is C17H24ClFN4O. The van der Waals surface area contributed by atoms with Crippen LogP contribution in [-0.2, 0) is 11.3 Å². The molecule has 2 saturated heterocycles. The average Bonchev–Trinajstić information content (AvgIpc) is 3.09. The lowest BCUT2D eigenvalue weighted by Gasteiger charge is -2.32. The van der Waals surface area contributed by atoms with Gasteiger partial charge in [-0.15, -0.1) is 0 Å². The van der Waals surface area contributed by atoms with E-state index < -0.39 is 5.82 Å². The monoisotopic (exact) mass is 354 g/mol. The van der Waals surface area contributed by atoms with Gasteiger partial charge in [0.05, 0.1) is 18.2 Å². The van der Waals surface area contributed by atoms with Crippen LogP contribution >= 0.6 is 11.6 Å². The summed E-state index contributed by atoms with van der Waals surface area (Å²) in [5.41, 5.74) is 0.937. The Hall–Kier alpha value is -1.37. The van der Waals surface area contributed by atoms with E-state index in [1.54, 1.807) is 19.2 Å². The molecule has 2 heterocycles. The number of hydrogen-bond acceptors (Lipinski definition) is 3. The van der Waals surface area contributed by atoms with Crippen molar-refractivity contribution in [3.05, 3.63) is 34.6 Å². The molecule has 0 radical (unpaired) electrons. The molecule has 0 saturated carbocycles. The lowest BCUT2D eigenvalue weighted by molar-refractivity contribution is 0.0195. The Morgan fingerprint density at radius 2 is 2.17 bits per heavy atom. The van der Waals surface area contributed by atoms with Crippen LogP contribution < -0.4 is 5.32 Å². The maximum absolute atomic E-state index is 13.2. The molecule has 0 aromatic heterocycles. The quantitative estimate of drug-likeness (QED) is 0.665. The zero-order valence-electron chi connectivity index (χ0n) is 14.0. The second kappa shape index (κ2) is 8.14. The molecule has 5 nitrogen and oxygen atoms in total. The standard InChI is InChI=1S/C17H24ClFN4O/c1-20-17(21-11-13-2-3-16(19)15(18)10-13)23-5-4-14(12-23)22-6-8-24-9-7-22/h2-3,10,14H,4-9,11-12H2,1H3,(H,20,21). The smallest absolute Gasteiger partial charge is 0.193 e. The van der Waals surface area contributed by atoms with Gasteiger partial charge in [-0.05, 0) is 24.1 Å². The fraction of sp³-hybridized carbons (Fsp3) is 0.588. The second-order valence-electron chi connectivity index (χ2n) is 6.19. The fourth-order valence-corrected chi connectivity index (χ4v) is 3.54. The summed E-state index contributed by atoms with van der Waals surface area (Å²) < 4.78 is 18.7. The number of hydrogen-bond donors (Lipinski definition) is 1. The number of morpholine rings is 1. The van der Waals surface area contributed by atoms with Gasteiger partial charge in [-0.25, -0.2) is 4.39 Å². The van der Waals surface area contributed by atoms with Gasteiger partial charge in [-0.1, -0.05) is 17.7 Å². The summed E-state index contributed by atoms with van der Waals surface area (Å²) in [5, 5.41) is 3.50. The second-order valence-corrected chi connectivity index (χ2v) is 6.59. The Bertz CT molecular complexity index is 592. The zero-order chi connectivity index (χ0) is 16.9. The van der Waals surface area contributed by atoms with Gasteiger partial charge >= 0.3 is 0 Å². The maximum Gasteiger partial charge on any atom is 0.193 e. The average molecular weight is 355 g/mol. The van der Waals surface area contributed by atoms with Gasteiger partial charge in [-0.3, -0.25) is 9.89 Å². The lowest BCUT2D eigenvalue weighted by Crippen LogP contribution is -2.46. The first kappa shape index (κ1) is 17.5. The molecule has 2 aliphatic heterocycles. The van der Waals surface area contributed by atoms with Crippen molar-refractivity contribution in [1.29, 1.82) is 0 Å². The number of nitrogens with zero attached hydrogens (tertiary/aromatic N) is 3. The van der Waals surface area contributed by atoms with Gasteiger partial charge in [0.25, 0.3) is 0 Å². The third kappa shape index (κ3) is 4.18. The van der Waals surface area contributed by atoms with Crippen molar-refractivity contribution < 1.29 is 9.13 Å². The molecule has 0 amide bonds. The van der Waals surface area contributed by atoms with Crippen LogP contribution in [0.25, 0.3) is 0 Å². The first-order chi connectivity index (χ1) is 11.7. The highest BCUT2D eigenvalue weighted by Gasteiger charge is 2.30. The first-order valence-corrected chi connectivity index (χ1v) is 8.76. The summed E-state index contributed by atoms with van der Waals surface area (Å²) in [5.74, 6) is 0.490. The van der Waals surface area contributed by atoms with Gasteiger partial charge in [-0.2, -0.15) is 0 Å². The van der Waals surface area contributed by atoms with Crippen LogP contribution in [0.1, 0.15) is 12.0 Å². The highest BCUT2D eigenvalue weighted by molar-refractivity contribution is 6.30. The number of benzene rings is 1. The van der Waals surface area contributed by atoms with Crippen molar-refractivity contribution in [3.63, 3.8) is 0 Å². The molecule has 1 aromatic rings. The van der Waals surface area contributed by atoms with Crippen LogP contribution in [0.2, 0.25) is 5.02 Å². The topological polar surface area (TPSA) is 40.1 Å². The van der Waals surface area contributed by atoms with Crippen molar-refractivity contribution >= 4 is 17.6 Å². The molecule has 132 valence electrons. The number of nitrogens with one attached hydrogen (secondary N) is 1. The molecule has 24 heavy (non-hydrogen) atoms. The number of rotatable bonds is 3. The number of halogens is 2. The van der Waals surface area contributed by atoms with Crippen LogP contribution in [-0.4, -0.2) is 68.2 Å². The molecule has 1 unspecified atom stereocenters. The van der Waals surface area contributed by atoms with Crippen molar-refractivity contribution in [1.82, 2.24) is 15.1 Å². The van der Waals surface area contributed by atoms with Gasteiger partial charge in [0.1, 0.15) is 5.82 Å². The van der Waals surface area contributed by atoms with Crippen LogP contribution in [0.3, 0.4) is 0 Å². The largest absolute Gasteiger partial charge is 0.379 e. The Morgan fingerprint density at radius 3 is 2.88 bits per heavy atom. The Kier molecular flexibility index (Phi) is 5.92. The molecule has 2 fully saturated rings. The van der Waals surface area contributed by atoms with Gasteiger partial charge in [0, 0.05) is 45.8 Å². The van der Waals surface area contributed by atoms with E-state index in [4.69, 9.17) is 16.3 Å². The summed E-state index contributed by atoms with van der Waals surface area (Å²) in [4.78, 5) is 9.18. The normalized spacial score (nSPS) is 22.9. The minimum atomic E-state index is -0.391. The predicted molar refractivity (Wildman–Crippen MR) is 94.0 cm³/mol. The Morgan fingerprint density at radius 1 is 1.38 bits per heavy atom. The Labute approximate surface area is 147 Å². The van der Waals surface area contributed by atoms with Gasteiger partial charge in [0.2, 0.25) is 0 Å². The first-order valence-electron chi connectivity index (χ1n) is 8.38. The molecule has 1 atom stereocenters. The summed E-state index contributed by atoms with van der Waals surface area (Å²) in [6, 6.07) is 5.35. The van der Waals surface area contributed by atoms with Crippen LogP contribution in [0.5, 0.6) is 0 Å². The van der Waals surface area contributed by atoms with E-state index >= 15 is 0 Å². The minimum Gasteiger partial charge on any atom is -0.379 e. The van der Waals surface area contributed by atoms with Gasteiger partial charge < -0.3 is 15.0 Å². The van der Waals surface area contributed by atoms with Crippen LogP contribution in [0.4, 0.5) is 4.39 Å². The van der Waals surface area contributed by atoms with E-state index in [2.05, 4.69) is 20.1 Å². The molecule has 1 N–H and O–H groups in total. The highest BCUT2D eigenvalue weighted by Crippen LogP contribution is 2.18. The molecule has 0 spiro atoms. The molecular weight excluding hydrogens is 331 g/mol. The van der Waals surface area contributed by atoms with E-state index in [1.165, 1.54) is 6.07 Å². The van der Waals surface area contributed by atoms with Crippen LogP contribution in [0, 0.1) is 5.82 Å². The number of guanidine groups is 1. The summed E-state index contributed by atoms with van der Waals surface area (Å²) in [7, 11) is 1.79. The predicted octanol–water partition coefficient (Wildman–Crippen LogP) is 1.96. The van der Waals surface area contributed by atoms with E-state index in [-0.39, 0.29) is 5.02 Å². The number of aliphatic imine (C=N–C) groups is 1. The van der Waals surface area contributed by atoms with E-state index in [1.807, 2.05) is 0 Å². The maximum atomic E-state index is 13.2. The van der Waals surface area contributed by atoms with Crippen LogP contribution in [0.15, 0.2) is 23.2 Å². The van der Waals surface area contributed by atoms with Crippen molar-refractivity contribution in [2.45, 2.75) is 19.0 Å². The Balaban J connectivity index is 1.53. The molecule has 2 aliphatic rings. The summed E-state index contributed by atoms with van der Waals surface area (Å²) in [6.07, 6.45) is 1.14. The summed E-state index contributed by atoms with van der Waals surface area (Å²) >= 11 is 5.84. The third-order valence-corrected chi connectivity index (χ3v) is 4.96. The number of ether oxygens (including phenoxy) is 1. The lowest BCUT2D eigenvalue weighted by atomic mass is 10.2. The van der Waals surface area contributed by atoms with Gasteiger partial charge in [0.15, 0.2) is 5.96 Å². The van der Waals surface area contributed by atoms with Crippen molar-refractivity contribution in [3.8, 4) is 0 Å². The fourth-order valence-electron chi connectivity index (χ4n) is 3.34. The minimum absolute atomic E-state index is 0.151. The van der Waals surface area contributed by atoms with E-state index in [9.17, 15) is 4.39 Å². The SMILES string of the molecule is CN=C(NCc1ccc(F)c(Cl)c1)N1CCC(N2CCOCC2)C1. The van der Waals surface area contributed by atoms with E-state index in [0.717, 1.165) is 57.3 Å². The highest BCUT2D eigenvalue weighted by atomic mass is 35.5. The molecule has 0 aliphatic carbocycles. The number of likely N-dealkylation sites (tertiary alicyclic amines) is 1. The van der Waals surface area contributed by atoms with Crippen molar-refractivity contribution in [2.75, 3.05) is 46.4 Å². The van der Waals surface area contributed by atoms with E-state index in [0.29, 0.717) is 12.6 Å². The molecule has 0 bridgehead atoms.